The third-order valence-corrected chi connectivity index (χ3v) is 3.01. The van der Waals surface area contributed by atoms with Gasteiger partial charge in [-0.2, -0.15) is 5.10 Å². The smallest absolute Gasteiger partial charge is 0.124 e. The standard InChI is InChI=1S/C11H16N4S.ClH/c1-2-3-6-15-11(4-5-14-15)12-7-10-8-16-9-13-10;/h4-5,8-9,12H,2-3,6-7H2,1H3;1H. The molecule has 2 aromatic rings. The Morgan fingerprint density at radius 2 is 2.35 bits per heavy atom. The molecule has 2 rings (SSSR count). The Hall–Kier alpha value is -1.07. The summed E-state index contributed by atoms with van der Waals surface area (Å²) in [5.74, 6) is 1.07. The van der Waals surface area contributed by atoms with Crippen LogP contribution in [-0.2, 0) is 13.1 Å². The lowest BCUT2D eigenvalue weighted by molar-refractivity contribution is 0.576. The number of hydrogen-bond donors (Lipinski definition) is 1. The summed E-state index contributed by atoms with van der Waals surface area (Å²) < 4.78 is 2.01. The van der Waals surface area contributed by atoms with Crippen molar-refractivity contribution in [2.45, 2.75) is 32.9 Å². The number of rotatable bonds is 6. The van der Waals surface area contributed by atoms with Crippen molar-refractivity contribution in [1.82, 2.24) is 14.8 Å². The maximum absolute atomic E-state index is 4.29. The van der Waals surface area contributed by atoms with Gasteiger partial charge in [-0.1, -0.05) is 13.3 Å². The van der Waals surface area contributed by atoms with Gasteiger partial charge < -0.3 is 5.32 Å². The first kappa shape index (κ1) is 14.0. The van der Waals surface area contributed by atoms with Gasteiger partial charge in [-0.05, 0) is 6.42 Å². The molecule has 0 spiro atoms. The van der Waals surface area contributed by atoms with Crippen molar-refractivity contribution in [2.75, 3.05) is 5.32 Å². The molecule has 0 aliphatic carbocycles. The van der Waals surface area contributed by atoms with Gasteiger partial charge in [0, 0.05) is 18.0 Å². The first-order valence-corrected chi connectivity index (χ1v) is 6.47. The largest absolute Gasteiger partial charge is 0.365 e. The molecule has 0 aliphatic heterocycles. The summed E-state index contributed by atoms with van der Waals surface area (Å²) in [7, 11) is 0. The zero-order valence-electron chi connectivity index (χ0n) is 9.80. The molecule has 0 amide bonds. The van der Waals surface area contributed by atoms with Crippen molar-refractivity contribution in [3.05, 3.63) is 28.8 Å². The summed E-state index contributed by atoms with van der Waals surface area (Å²) in [5, 5.41) is 9.69. The van der Waals surface area contributed by atoms with E-state index in [2.05, 4.69) is 27.7 Å². The van der Waals surface area contributed by atoms with Gasteiger partial charge in [0.1, 0.15) is 5.82 Å². The summed E-state index contributed by atoms with van der Waals surface area (Å²) >= 11 is 1.62. The van der Waals surface area contributed by atoms with Crippen LogP contribution in [0.25, 0.3) is 0 Å². The van der Waals surface area contributed by atoms with Crippen LogP contribution in [0, 0.1) is 0 Å². The normalized spacial score (nSPS) is 9.94. The predicted molar refractivity (Wildman–Crippen MR) is 73.8 cm³/mol. The molecule has 94 valence electrons. The fraction of sp³-hybridized carbons (Fsp3) is 0.455. The second-order valence-corrected chi connectivity index (χ2v) is 4.35. The average Bonchev–Trinajstić information content (AvgIpc) is 2.94. The minimum Gasteiger partial charge on any atom is -0.365 e. The van der Waals surface area contributed by atoms with Crippen LogP contribution in [-0.4, -0.2) is 14.8 Å². The molecule has 0 atom stereocenters. The van der Waals surface area contributed by atoms with Crippen molar-refractivity contribution in [1.29, 1.82) is 0 Å². The Kier molecular flexibility index (Phi) is 6.00. The summed E-state index contributed by atoms with van der Waals surface area (Å²) in [5.41, 5.74) is 2.93. The second-order valence-electron chi connectivity index (χ2n) is 3.63. The summed E-state index contributed by atoms with van der Waals surface area (Å²) in [6.45, 7) is 3.93. The molecule has 2 heterocycles. The van der Waals surface area contributed by atoms with E-state index in [4.69, 9.17) is 0 Å². The van der Waals surface area contributed by atoms with Gasteiger partial charge >= 0.3 is 0 Å². The summed E-state index contributed by atoms with van der Waals surface area (Å²) in [6.07, 6.45) is 4.18. The number of nitrogens with zero attached hydrogens (tertiary/aromatic N) is 3. The zero-order chi connectivity index (χ0) is 11.2. The van der Waals surface area contributed by atoms with Gasteiger partial charge in [-0.25, -0.2) is 9.67 Å². The van der Waals surface area contributed by atoms with Crippen LogP contribution in [0.5, 0.6) is 0 Å². The quantitative estimate of drug-likeness (QED) is 0.878. The molecule has 17 heavy (non-hydrogen) atoms. The molecule has 0 saturated carbocycles. The van der Waals surface area contributed by atoms with E-state index >= 15 is 0 Å². The molecule has 0 aromatic carbocycles. The van der Waals surface area contributed by atoms with E-state index < -0.39 is 0 Å². The fourth-order valence-corrected chi connectivity index (χ4v) is 2.03. The molecule has 1 N–H and O–H groups in total. The molecule has 0 unspecified atom stereocenters. The number of nitrogens with one attached hydrogen (secondary N) is 1. The highest BCUT2D eigenvalue weighted by atomic mass is 35.5. The Morgan fingerprint density at radius 1 is 1.47 bits per heavy atom. The Bertz CT molecular complexity index is 413. The second kappa shape index (κ2) is 7.29. The van der Waals surface area contributed by atoms with Gasteiger partial charge in [-0.3, -0.25) is 0 Å². The Labute approximate surface area is 111 Å². The van der Waals surface area contributed by atoms with Crippen molar-refractivity contribution < 1.29 is 0 Å². The molecule has 0 fully saturated rings. The molecule has 0 bridgehead atoms. The van der Waals surface area contributed by atoms with Crippen LogP contribution >= 0.6 is 23.7 Å². The van der Waals surface area contributed by atoms with Crippen LogP contribution < -0.4 is 5.32 Å². The lowest BCUT2D eigenvalue weighted by atomic mass is 10.3. The molecule has 2 aromatic heterocycles. The van der Waals surface area contributed by atoms with Gasteiger partial charge in [-0.15, -0.1) is 23.7 Å². The van der Waals surface area contributed by atoms with Crippen molar-refractivity contribution in [3.8, 4) is 0 Å². The van der Waals surface area contributed by atoms with Crippen LogP contribution in [0.3, 0.4) is 0 Å². The molecular formula is C11H17ClN4S. The lowest BCUT2D eigenvalue weighted by Crippen LogP contribution is -2.08. The van der Waals surface area contributed by atoms with Crippen LogP contribution in [0.1, 0.15) is 25.5 Å². The predicted octanol–water partition coefficient (Wildman–Crippen LogP) is 3.17. The van der Waals surface area contributed by atoms with Crippen LogP contribution in [0.4, 0.5) is 5.82 Å². The minimum atomic E-state index is 0. The van der Waals surface area contributed by atoms with Crippen molar-refractivity contribution in [3.63, 3.8) is 0 Å². The van der Waals surface area contributed by atoms with Crippen LogP contribution in [0.2, 0.25) is 0 Å². The van der Waals surface area contributed by atoms with E-state index in [9.17, 15) is 0 Å². The molecular weight excluding hydrogens is 256 g/mol. The summed E-state index contributed by atoms with van der Waals surface area (Å²) in [6, 6.07) is 2.00. The number of aryl methyl sites for hydroxylation is 1. The van der Waals surface area contributed by atoms with E-state index in [1.807, 2.05) is 22.5 Å². The minimum absolute atomic E-state index is 0. The highest BCUT2D eigenvalue weighted by Gasteiger charge is 2.01. The number of thiazole rings is 1. The van der Waals surface area contributed by atoms with E-state index in [0.29, 0.717) is 0 Å². The van der Waals surface area contributed by atoms with Crippen molar-refractivity contribution in [2.24, 2.45) is 0 Å². The average molecular weight is 273 g/mol. The number of anilines is 1. The van der Waals surface area contributed by atoms with Crippen molar-refractivity contribution >= 4 is 29.6 Å². The third-order valence-electron chi connectivity index (χ3n) is 2.37. The molecule has 0 saturated heterocycles. The number of unbranched alkanes of at least 4 members (excludes halogenated alkanes) is 1. The number of halogens is 1. The van der Waals surface area contributed by atoms with Crippen LogP contribution in [0.15, 0.2) is 23.2 Å². The molecule has 0 aliphatic rings. The number of aromatic nitrogens is 3. The highest BCUT2D eigenvalue weighted by Crippen LogP contribution is 2.10. The number of hydrogen-bond acceptors (Lipinski definition) is 4. The van der Waals surface area contributed by atoms with Gasteiger partial charge in [0.15, 0.2) is 0 Å². The van der Waals surface area contributed by atoms with E-state index in [1.54, 1.807) is 11.3 Å². The van der Waals surface area contributed by atoms with Gasteiger partial charge in [0.25, 0.3) is 0 Å². The Balaban J connectivity index is 0.00000144. The fourth-order valence-electron chi connectivity index (χ4n) is 1.47. The van der Waals surface area contributed by atoms with E-state index in [-0.39, 0.29) is 12.4 Å². The zero-order valence-corrected chi connectivity index (χ0v) is 11.4. The topological polar surface area (TPSA) is 42.7 Å². The Morgan fingerprint density at radius 3 is 3.06 bits per heavy atom. The first-order chi connectivity index (χ1) is 7.90. The lowest BCUT2D eigenvalue weighted by Gasteiger charge is -2.08. The summed E-state index contributed by atoms with van der Waals surface area (Å²) in [4.78, 5) is 4.23. The van der Waals surface area contributed by atoms with Gasteiger partial charge in [0.05, 0.1) is 23.9 Å². The highest BCUT2D eigenvalue weighted by molar-refractivity contribution is 7.07. The molecule has 4 nitrogen and oxygen atoms in total. The first-order valence-electron chi connectivity index (χ1n) is 5.53. The maximum Gasteiger partial charge on any atom is 0.124 e. The van der Waals surface area contributed by atoms with E-state index in [0.717, 1.165) is 31.0 Å². The molecule has 0 radical (unpaired) electrons. The SMILES string of the molecule is CCCCn1nccc1NCc1cscn1.Cl. The third kappa shape index (κ3) is 4.02. The van der Waals surface area contributed by atoms with E-state index in [1.165, 1.54) is 6.42 Å². The van der Waals surface area contributed by atoms with Gasteiger partial charge in [0.2, 0.25) is 0 Å². The molecule has 6 heteroatoms. The maximum atomic E-state index is 4.29. The monoisotopic (exact) mass is 272 g/mol.